The molecule has 0 spiro atoms. The molecule has 8 nitrogen and oxygen atoms in total. The van der Waals surface area contributed by atoms with Crippen LogP contribution in [0.4, 0.5) is 10.8 Å². The Bertz CT molecular complexity index is 1180. The van der Waals surface area contributed by atoms with Gasteiger partial charge in [-0.1, -0.05) is 35.6 Å². The highest BCUT2D eigenvalue weighted by Crippen LogP contribution is 2.33. The monoisotopic (exact) mass is 480 g/mol. The third kappa shape index (κ3) is 5.67. The molecule has 1 saturated heterocycles. The number of nitrogens with zero attached hydrogens (tertiary/aromatic N) is 4. The lowest BCUT2D eigenvalue weighted by molar-refractivity contribution is -0.384. The number of carbonyl (C=O) groups excluding carboxylic acids is 1. The van der Waals surface area contributed by atoms with Crippen LogP contribution in [0.15, 0.2) is 42.5 Å². The van der Waals surface area contributed by atoms with E-state index in [1.165, 1.54) is 29.5 Å². The molecule has 1 fully saturated rings. The van der Waals surface area contributed by atoms with Gasteiger partial charge >= 0.3 is 0 Å². The van der Waals surface area contributed by atoms with Crippen molar-refractivity contribution in [1.29, 1.82) is 0 Å². The first-order valence-corrected chi connectivity index (χ1v) is 12.1. The minimum atomic E-state index is -0.442. The molecule has 178 valence electrons. The number of hydrogen-bond donors (Lipinski definition) is 0. The number of amides is 1. The molecule has 1 aromatic heterocycles. The lowest BCUT2D eigenvalue weighted by atomic mass is 10.1. The fourth-order valence-corrected chi connectivity index (χ4v) is 5.08. The van der Waals surface area contributed by atoms with Crippen LogP contribution in [0.25, 0.3) is 16.3 Å². The van der Waals surface area contributed by atoms with E-state index in [1.54, 1.807) is 23.1 Å². The van der Waals surface area contributed by atoms with Crippen molar-refractivity contribution < 1.29 is 14.5 Å². The predicted molar refractivity (Wildman–Crippen MR) is 135 cm³/mol. The number of rotatable bonds is 8. The summed E-state index contributed by atoms with van der Waals surface area (Å²) < 4.78 is 6.51. The van der Waals surface area contributed by atoms with Gasteiger partial charge in [0.1, 0.15) is 0 Å². The summed E-state index contributed by atoms with van der Waals surface area (Å²) in [6, 6.07) is 10.4. The van der Waals surface area contributed by atoms with E-state index in [1.807, 2.05) is 13.0 Å². The summed E-state index contributed by atoms with van der Waals surface area (Å²) in [4.78, 5) is 32.8. The van der Waals surface area contributed by atoms with E-state index in [0.29, 0.717) is 17.2 Å². The summed E-state index contributed by atoms with van der Waals surface area (Å²) in [7, 11) is 0. The van der Waals surface area contributed by atoms with Gasteiger partial charge in [0.2, 0.25) is 0 Å². The molecule has 1 aliphatic heterocycles. The molecule has 9 heteroatoms. The minimum Gasteiger partial charge on any atom is -0.379 e. The number of nitro benzene ring substituents is 1. The number of morpholine rings is 1. The number of anilines is 1. The number of thiazole rings is 1. The van der Waals surface area contributed by atoms with Gasteiger partial charge in [-0.15, -0.1) is 0 Å². The summed E-state index contributed by atoms with van der Waals surface area (Å²) in [5.74, 6) is -0.192. The van der Waals surface area contributed by atoms with E-state index < -0.39 is 4.92 Å². The van der Waals surface area contributed by atoms with Crippen LogP contribution in [-0.4, -0.2) is 60.1 Å². The number of fused-ring (bicyclic) bond motifs is 1. The van der Waals surface area contributed by atoms with Crippen molar-refractivity contribution in [3.05, 3.63) is 69.3 Å². The second kappa shape index (κ2) is 10.9. The number of carbonyl (C=O) groups is 1. The first kappa shape index (κ1) is 24.0. The zero-order valence-electron chi connectivity index (χ0n) is 19.4. The van der Waals surface area contributed by atoms with E-state index in [-0.39, 0.29) is 11.6 Å². The van der Waals surface area contributed by atoms with Crippen LogP contribution < -0.4 is 4.90 Å². The Morgan fingerprint density at radius 1 is 1.24 bits per heavy atom. The molecule has 0 aliphatic carbocycles. The topological polar surface area (TPSA) is 88.8 Å². The standard InChI is InChI=1S/C25H28N4O4S/c1-18-7-8-19(2)24-23(18)26-25(34-24)28(12-4-11-27-13-15-33-16-14-27)22(30)10-9-20-5-3-6-21(17-20)29(31)32/h3,5-10,17H,4,11-16H2,1-2H3/b10-9+. The van der Waals surface area contributed by atoms with Crippen molar-refractivity contribution in [3.63, 3.8) is 0 Å². The second-order valence-corrected chi connectivity index (χ2v) is 9.33. The summed E-state index contributed by atoms with van der Waals surface area (Å²) in [5.41, 5.74) is 3.74. The van der Waals surface area contributed by atoms with E-state index in [0.717, 1.165) is 60.6 Å². The van der Waals surface area contributed by atoms with Gasteiger partial charge in [0.25, 0.3) is 11.6 Å². The molecule has 4 rings (SSSR count). The van der Waals surface area contributed by atoms with Gasteiger partial charge in [-0.05, 0) is 43.0 Å². The van der Waals surface area contributed by atoms with Crippen molar-refractivity contribution in [1.82, 2.24) is 9.88 Å². The maximum absolute atomic E-state index is 13.3. The van der Waals surface area contributed by atoms with Crippen molar-refractivity contribution in [2.24, 2.45) is 0 Å². The number of aromatic nitrogens is 1. The first-order valence-electron chi connectivity index (χ1n) is 11.3. The highest BCUT2D eigenvalue weighted by Gasteiger charge is 2.20. The Hall–Kier alpha value is -3.14. The number of non-ortho nitro benzene ring substituents is 1. The Morgan fingerprint density at radius 2 is 2.00 bits per heavy atom. The fourth-order valence-electron chi connectivity index (χ4n) is 3.94. The van der Waals surface area contributed by atoms with Gasteiger partial charge in [0, 0.05) is 44.4 Å². The SMILES string of the molecule is Cc1ccc(C)c2sc(N(CCCN3CCOCC3)C(=O)/C=C/c3cccc([N+](=O)[O-])c3)nc12. The molecule has 2 heterocycles. The van der Waals surface area contributed by atoms with Crippen molar-refractivity contribution >= 4 is 44.4 Å². The molecule has 0 unspecified atom stereocenters. The number of benzene rings is 2. The van der Waals surface area contributed by atoms with Crippen LogP contribution in [0.2, 0.25) is 0 Å². The molecule has 0 saturated carbocycles. The van der Waals surface area contributed by atoms with E-state index in [9.17, 15) is 14.9 Å². The molecule has 0 bridgehead atoms. The Morgan fingerprint density at radius 3 is 2.74 bits per heavy atom. The molecule has 0 N–H and O–H groups in total. The third-order valence-electron chi connectivity index (χ3n) is 5.89. The fraction of sp³-hybridized carbons (Fsp3) is 0.360. The Labute approximate surface area is 202 Å². The smallest absolute Gasteiger partial charge is 0.270 e. The average Bonchev–Trinajstić information content (AvgIpc) is 3.30. The second-order valence-electron chi connectivity index (χ2n) is 8.36. The van der Waals surface area contributed by atoms with Crippen LogP contribution in [0.1, 0.15) is 23.1 Å². The summed E-state index contributed by atoms with van der Waals surface area (Å²) >= 11 is 1.53. The molecule has 34 heavy (non-hydrogen) atoms. The number of aryl methyl sites for hydroxylation is 2. The summed E-state index contributed by atoms with van der Waals surface area (Å²) in [6.45, 7) is 8.78. The maximum atomic E-state index is 13.3. The molecule has 0 radical (unpaired) electrons. The van der Waals surface area contributed by atoms with Gasteiger partial charge < -0.3 is 4.74 Å². The highest BCUT2D eigenvalue weighted by atomic mass is 32.1. The van der Waals surface area contributed by atoms with Crippen molar-refractivity contribution in [3.8, 4) is 0 Å². The van der Waals surface area contributed by atoms with E-state index in [4.69, 9.17) is 9.72 Å². The van der Waals surface area contributed by atoms with Crippen LogP contribution in [-0.2, 0) is 9.53 Å². The quantitative estimate of drug-likeness (QED) is 0.266. The van der Waals surface area contributed by atoms with Crippen molar-refractivity contribution in [2.75, 3.05) is 44.3 Å². The zero-order valence-corrected chi connectivity index (χ0v) is 20.2. The van der Waals surface area contributed by atoms with Gasteiger partial charge in [0.05, 0.1) is 28.4 Å². The lowest BCUT2D eigenvalue weighted by Gasteiger charge is -2.27. The molecule has 3 aromatic rings. The number of nitro groups is 1. The molecule has 1 amide bonds. The van der Waals surface area contributed by atoms with Crippen molar-refractivity contribution in [2.45, 2.75) is 20.3 Å². The van der Waals surface area contributed by atoms with Crippen LogP contribution in [0.5, 0.6) is 0 Å². The normalized spacial score (nSPS) is 14.6. The first-order chi connectivity index (χ1) is 16.4. The largest absolute Gasteiger partial charge is 0.379 e. The minimum absolute atomic E-state index is 0.00547. The average molecular weight is 481 g/mol. The van der Waals surface area contributed by atoms with E-state index >= 15 is 0 Å². The number of hydrogen-bond acceptors (Lipinski definition) is 7. The van der Waals surface area contributed by atoms with Gasteiger partial charge in [0.15, 0.2) is 5.13 Å². The lowest BCUT2D eigenvalue weighted by Crippen LogP contribution is -2.39. The molecular formula is C25H28N4O4S. The predicted octanol–water partition coefficient (Wildman–Crippen LogP) is 4.59. The van der Waals surface area contributed by atoms with Gasteiger partial charge in [-0.3, -0.25) is 24.7 Å². The van der Waals surface area contributed by atoms with Gasteiger partial charge in [-0.25, -0.2) is 4.98 Å². The third-order valence-corrected chi connectivity index (χ3v) is 7.10. The molecule has 1 aliphatic rings. The van der Waals surface area contributed by atoms with Crippen LogP contribution in [0.3, 0.4) is 0 Å². The summed E-state index contributed by atoms with van der Waals surface area (Å²) in [5, 5.41) is 11.7. The van der Waals surface area contributed by atoms with Crippen LogP contribution in [0, 0.1) is 24.0 Å². The summed E-state index contributed by atoms with van der Waals surface area (Å²) in [6.07, 6.45) is 3.90. The molecular weight excluding hydrogens is 452 g/mol. The maximum Gasteiger partial charge on any atom is 0.270 e. The van der Waals surface area contributed by atoms with Gasteiger partial charge in [-0.2, -0.15) is 0 Å². The number of ether oxygens (including phenoxy) is 1. The Balaban J connectivity index is 1.57. The van der Waals surface area contributed by atoms with E-state index in [2.05, 4.69) is 17.9 Å². The zero-order chi connectivity index (χ0) is 24.1. The molecule has 2 aromatic carbocycles. The highest BCUT2D eigenvalue weighted by molar-refractivity contribution is 7.22. The Kier molecular flexibility index (Phi) is 7.66. The molecule has 0 atom stereocenters. The van der Waals surface area contributed by atoms with Crippen LogP contribution >= 0.6 is 11.3 Å².